The van der Waals surface area contributed by atoms with Crippen molar-refractivity contribution in [3.63, 3.8) is 0 Å². The van der Waals surface area contributed by atoms with Crippen LogP contribution in [0.2, 0.25) is 0 Å². The van der Waals surface area contributed by atoms with Gasteiger partial charge in [-0.1, -0.05) is 42.1 Å². The lowest BCUT2D eigenvalue weighted by atomic mass is 10.1. The van der Waals surface area contributed by atoms with E-state index in [2.05, 4.69) is 52.9 Å². The van der Waals surface area contributed by atoms with E-state index in [1.807, 2.05) is 30.7 Å². The molecule has 0 saturated heterocycles. The average molecular weight is 395 g/mol. The highest BCUT2D eigenvalue weighted by molar-refractivity contribution is 7.99. The number of aromatic nitrogens is 4. The predicted octanol–water partition coefficient (Wildman–Crippen LogP) is 4.70. The SMILES string of the molecule is Cc1cc(C(=O)CSc2nnc(C3CC3)n2C)c(C)n1C(C)c1ccccc1. The first-order valence-electron chi connectivity index (χ1n) is 9.76. The number of rotatable bonds is 7. The van der Waals surface area contributed by atoms with Gasteiger partial charge in [-0.05, 0) is 45.2 Å². The Morgan fingerprint density at radius 1 is 1.21 bits per heavy atom. The molecule has 3 aromatic rings. The third-order valence-electron chi connectivity index (χ3n) is 5.60. The normalized spacial score (nSPS) is 15.0. The van der Waals surface area contributed by atoms with Crippen molar-refractivity contribution in [1.29, 1.82) is 0 Å². The van der Waals surface area contributed by atoms with Crippen LogP contribution in [0, 0.1) is 13.8 Å². The van der Waals surface area contributed by atoms with Crippen LogP contribution >= 0.6 is 11.8 Å². The van der Waals surface area contributed by atoms with Gasteiger partial charge in [0, 0.05) is 29.9 Å². The zero-order valence-corrected chi connectivity index (χ0v) is 17.7. The van der Waals surface area contributed by atoms with Gasteiger partial charge in [0.05, 0.1) is 11.8 Å². The monoisotopic (exact) mass is 394 g/mol. The minimum absolute atomic E-state index is 0.139. The molecule has 5 nitrogen and oxygen atoms in total. The summed E-state index contributed by atoms with van der Waals surface area (Å²) in [5.74, 6) is 2.12. The highest BCUT2D eigenvalue weighted by atomic mass is 32.2. The largest absolute Gasteiger partial charge is 0.341 e. The Balaban J connectivity index is 1.50. The van der Waals surface area contributed by atoms with Gasteiger partial charge < -0.3 is 9.13 Å². The molecule has 1 atom stereocenters. The van der Waals surface area contributed by atoms with Crippen LogP contribution in [-0.4, -0.2) is 30.9 Å². The third-order valence-corrected chi connectivity index (χ3v) is 6.62. The Bertz CT molecular complexity index is 1000. The summed E-state index contributed by atoms with van der Waals surface area (Å²) in [7, 11) is 1.99. The van der Waals surface area contributed by atoms with Gasteiger partial charge >= 0.3 is 0 Å². The Labute approximate surface area is 170 Å². The first-order chi connectivity index (χ1) is 13.5. The number of carbonyl (C=O) groups is 1. The summed E-state index contributed by atoms with van der Waals surface area (Å²) in [5, 5.41) is 9.39. The zero-order chi connectivity index (χ0) is 19.8. The van der Waals surface area contributed by atoms with E-state index in [1.54, 1.807) is 0 Å². The summed E-state index contributed by atoms with van der Waals surface area (Å²) in [6, 6.07) is 12.6. The molecule has 0 N–H and O–H groups in total. The molecule has 0 aliphatic heterocycles. The first kappa shape index (κ1) is 19.0. The van der Waals surface area contributed by atoms with Gasteiger partial charge in [0.15, 0.2) is 10.9 Å². The van der Waals surface area contributed by atoms with Crippen LogP contribution in [-0.2, 0) is 7.05 Å². The lowest BCUT2D eigenvalue weighted by Crippen LogP contribution is -2.12. The molecule has 1 unspecified atom stereocenters. The second kappa shape index (κ2) is 7.59. The van der Waals surface area contributed by atoms with Crippen molar-refractivity contribution in [2.75, 3.05) is 5.75 Å². The number of benzene rings is 1. The number of hydrogen-bond donors (Lipinski definition) is 0. The van der Waals surface area contributed by atoms with Gasteiger partial charge in [0.25, 0.3) is 0 Å². The van der Waals surface area contributed by atoms with E-state index in [0.717, 1.165) is 27.9 Å². The maximum atomic E-state index is 12.9. The van der Waals surface area contributed by atoms with Crippen LogP contribution in [0.4, 0.5) is 0 Å². The van der Waals surface area contributed by atoms with Gasteiger partial charge in [-0.2, -0.15) is 0 Å². The second-order valence-corrected chi connectivity index (χ2v) is 8.57. The molecule has 1 aliphatic carbocycles. The number of aryl methyl sites for hydroxylation is 1. The molecule has 1 saturated carbocycles. The Kier molecular flexibility index (Phi) is 5.15. The van der Waals surface area contributed by atoms with E-state index in [1.165, 1.54) is 30.2 Å². The number of nitrogens with zero attached hydrogens (tertiary/aromatic N) is 4. The number of ketones is 1. The van der Waals surface area contributed by atoms with Crippen molar-refractivity contribution in [1.82, 2.24) is 19.3 Å². The van der Waals surface area contributed by atoms with Crippen LogP contribution in [0.1, 0.15) is 64.9 Å². The molecule has 28 heavy (non-hydrogen) atoms. The van der Waals surface area contributed by atoms with Crippen molar-refractivity contribution in [3.05, 3.63) is 64.7 Å². The fourth-order valence-corrected chi connectivity index (χ4v) is 4.69. The molecule has 6 heteroatoms. The molecule has 0 spiro atoms. The Hall–Kier alpha value is -2.34. The quantitative estimate of drug-likeness (QED) is 0.431. The number of thioether (sulfide) groups is 1. The van der Waals surface area contributed by atoms with Gasteiger partial charge in [0.1, 0.15) is 5.82 Å². The lowest BCUT2D eigenvalue weighted by Gasteiger charge is -2.19. The molecular weight excluding hydrogens is 368 g/mol. The highest BCUT2D eigenvalue weighted by Crippen LogP contribution is 2.39. The molecule has 146 valence electrons. The maximum absolute atomic E-state index is 12.9. The van der Waals surface area contributed by atoms with Crippen LogP contribution in [0.5, 0.6) is 0 Å². The molecule has 0 bridgehead atoms. The summed E-state index contributed by atoms with van der Waals surface area (Å²) < 4.78 is 4.29. The number of hydrogen-bond acceptors (Lipinski definition) is 4. The van der Waals surface area contributed by atoms with Crippen LogP contribution in [0.3, 0.4) is 0 Å². The summed E-state index contributed by atoms with van der Waals surface area (Å²) in [6.45, 7) is 6.29. The third kappa shape index (κ3) is 3.53. The fourth-order valence-electron chi connectivity index (χ4n) is 3.89. The van der Waals surface area contributed by atoms with Crippen molar-refractivity contribution >= 4 is 17.5 Å². The summed E-state index contributed by atoms with van der Waals surface area (Å²) in [4.78, 5) is 12.9. The molecule has 1 aliphatic rings. The maximum Gasteiger partial charge on any atom is 0.191 e. The fraction of sp³-hybridized carbons (Fsp3) is 0.409. The molecule has 1 fully saturated rings. The second-order valence-electron chi connectivity index (χ2n) is 7.63. The first-order valence-corrected chi connectivity index (χ1v) is 10.7. The lowest BCUT2D eigenvalue weighted by molar-refractivity contribution is 0.102. The van der Waals surface area contributed by atoms with Crippen LogP contribution in [0.15, 0.2) is 41.6 Å². The van der Waals surface area contributed by atoms with Gasteiger partial charge in [-0.15, -0.1) is 10.2 Å². The van der Waals surface area contributed by atoms with Crippen LogP contribution in [0.25, 0.3) is 0 Å². The van der Waals surface area contributed by atoms with E-state index in [9.17, 15) is 4.79 Å². The van der Waals surface area contributed by atoms with E-state index in [4.69, 9.17) is 0 Å². The van der Waals surface area contributed by atoms with Crippen molar-refractivity contribution < 1.29 is 4.79 Å². The van der Waals surface area contributed by atoms with E-state index >= 15 is 0 Å². The number of carbonyl (C=O) groups excluding carboxylic acids is 1. The van der Waals surface area contributed by atoms with Gasteiger partial charge in [-0.3, -0.25) is 4.79 Å². The minimum Gasteiger partial charge on any atom is -0.341 e. The Morgan fingerprint density at radius 3 is 2.61 bits per heavy atom. The predicted molar refractivity (Wildman–Crippen MR) is 112 cm³/mol. The topological polar surface area (TPSA) is 52.7 Å². The standard InChI is InChI=1S/C22H26N4OS/c1-14-12-19(16(3)26(14)15(2)17-8-6-5-7-9-17)20(27)13-28-22-24-23-21(25(22)4)18-10-11-18/h5-9,12,15,18H,10-11,13H2,1-4H3. The molecule has 0 radical (unpaired) electrons. The number of Topliss-reactive ketones (excluding diaryl/α,β-unsaturated/α-hetero) is 1. The summed E-state index contributed by atoms with van der Waals surface area (Å²) >= 11 is 1.48. The van der Waals surface area contributed by atoms with E-state index in [0.29, 0.717) is 11.7 Å². The minimum atomic E-state index is 0.139. The molecule has 2 heterocycles. The molecular formula is C22H26N4OS. The van der Waals surface area contributed by atoms with Crippen molar-refractivity contribution in [3.8, 4) is 0 Å². The molecule has 1 aromatic carbocycles. The van der Waals surface area contributed by atoms with E-state index in [-0.39, 0.29) is 11.8 Å². The van der Waals surface area contributed by atoms with Crippen molar-refractivity contribution in [2.24, 2.45) is 7.05 Å². The summed E-state index contributed by atoms with van der Waals surface area (Å²) in [6.07, 6.45) is 2.39. The molecule has 4 rings (SSSR count). The highest BCUT2D eigenvalue weighted by Gasteiger charge is 2.29. The van der Waals surface area contributed by atoms with Crippen molar-refractivity contribution in [2.45, 2.75) is 50.7 Å². The van der Waals surface area contributed by atoms with Gasteiger partial charge in [-0.25, -0.2) is 0 Å². The summed E-state index contributed by atoms with van der Waals surface area (Å²) in [5.41, 5.74) is 4.18. The Morgan fingerprint density at radius 2 is 1.93 bits per heavy atom. The zero-order valence-electron chi connectivity index (χ0n) is 16.8. The van der Waals surface area contributed by atoms with E-state index < -0.39 is 0 Å². The molecule has 2 aromatic heterocycles. The van der Waals surface area contributed by atoms with Crippen LogP contribution < -0.4 is 0 Å². The molecule has 0 amide bonds. The van der Waals surface area contributed by atoms with Gasteiger partial charge in [0.2, 0.25) is 0 Å². The average Bonchev–Trinajstić information content (AvgIpc) is 3.41. The smallest absolute Gasteiger partial charge is 0.191 e.